The van der Waals surface area contributed by atoms with Gasteiger partial charge in [-0.1, -0.05) is 6.92 Å². The highest BCUT2D eigenvalue weighted by molar-refractivity contribution is 5.57. The highest BCUT2D eigenvalue weighted by Crippen LogP contribution is 2.26. The van der Waals surface area contributed by atoms with Gasteiger partial charge in [-0.2, -0.15) is 4.98 Å². The van der Waals surface area contributed by atoms with Crippen molar-refractivity contribution in [3.05, 3.63) is 22.2 Å². The molecule has 1 atom stereocenters. The first-order chi connectivity index (χ1) is 9.63. The van der Waals surface area contributed by atoms with Gasteiger partial charge in [0.15, 0.2) is 0 Å². The van der Waals surface area contributed by atoms with Gasteiger partial charge in [0, 0.05) is 25.2 Å². The minimum absolute atomic E-state index is 0.0175. The average molecular weight is 280 g/mol. The summed E-state index contributed by atoms with van der Waals surface area (Å²) in [7, 11) is 1.49. The third-order valence-electron chi connectivity index (χ3n) is 3.63. The molecule has 7 heteroatoms. The molecule has 1 aliphatic rings. The third-order valence-corrected chi connectivity index (χ3v) is 3.63. The van der Waals surface area contributed by atoms with Crippen molar-refractivity contribution in [1.82, 2.24) is 9.88 Å². The Balaban J connectivity index is 2.02. The zero-order valence-electron chi connectivity index (χ0n) is 11.8. The number of hydrogen-bond donors (Lipinski definition) is 1. The van der Waals surface area contributed by atoms with Crippen molar-refractivity contribution < 1.29 is 9.66 Å². The predicted octanol–water partition coefficient (Wildman–Crippen LogP) is 1.75. The van der Waals surface area contributed by atoms with Gasteiger partial charge >= 0.3 is 5.69 Å². The molecular weight excluding hydrogens is 260 g/mol. The second-order valence-corrected chi connectivity index (χ2v) is 4.91. The molecule has 0 aliphatic carbocycles. The second kappa shape index (κ2) is 6.51. The summed E-state index contributed by atoms with van der Waals surface area (Å²) < 4.78 is 5.01. The van der Waals surface area contributed by atoms with Gasteiger partial charge in [0.05, 0.1) is 12.0 Å². The van der Waals surface area contributed by atoms with Crippen LogP contribution in [0.2, 0.25) is 0 Å². The zero-order chi connectivity index (χ0) is 14.5. The van der Waals surface area contributed by atoms with Gasteiger partial charge in [0.1, 0.15) is 0 Å². The fourth-order valence-electron chi connectivity index (χ4n) is 2.43. The van der Waals surface area contributed by atoms with Crippen molar-refractivity contribution in [2.75, 3.05) is 38.6 Å². The zero-order valence-corrected chi connectivity index (χ0v) is 11.8. The first kappa shape index (κ1) is 14.5. The molecule has 1 fully saturated rings. The lowest BCUT2D eigenvalue weighted by Crippen LogP contribution is -2.22. The number of ether oxygens (including phenoxy) is 1. The molecule has 2 heterocycles. The Morgan fingerprint density at radius 2 is 2.40 bits per heavy atom. The summed E-state index contributed by atoms with van der Waals surface area (Å²) in [6, 6.07) is 2.92. The summed E-state index contributed by atoms with van der Waals surface area (Å²) in [4.78, 5) is 17.1. The number of methoxy groups -OCH3 is 1. The first-order valence-corrected chi connectivity index (χ1v) is 6.79. The number of anilines is 1. The van der Waals surface area contributed by atoms with Crippen LogP contribution >= 0.6 is 0 Å². The van der Waals surface area contributed by atoms with E-state index in [2.05, 4.69) is 22.1 Å². The number of nitro groups is 1. The Kier molecular flexibility index (Phi) is 4.73. The molecule has 0 radical (unpaired) electrons. The lowest BCUT2D eigenvalue weighted by atomic mass is 10.1. The van der Waals surface area contributed by atoms with E-state index < -0.39 is 4.92 Å². The van der Waals surface area contributed by atoms with Gasteiger partial charge in [-0.15, -0.1) is 0 Å². The smallest absolute Gasteiger partial charge is 0.311 e. The van der Waals surface area contributed by atoms with Crippen LogP contribution in [0.15, 0.2) is 12.1 Å². The van der Waals surface area contributed by atoms with Crippen LogP contribution in [-0.4, -0.2) is 48.1 Å². The van der Waals surface area contributed by atoms with E-state index in [1.807, 2.05) is 0 Å². The van der Waals surface area contributed by atoms with E-state index >= 15 is 0 Å². The fourth-order valence-corrected chi connectivity index (χ4v) is 2.43. The number of likely N-dealkylation sites (tertiary alicyclic amines) is 1. The Labute approximate surface area is 118 Å². The molecule has 110 valence electrons. The minimum Gasteiger partial charge on any atom is -0.481 e. The van der Waals surface area contributed by atoms with E-state index in [9.17, 15) is 10.1 Å². The molecule has 1 N–H and O–H groups in total. The molecule has 0 amide bonds. The van der Waals surface area contributed by atoms with Crippen LogP contribution in [0, 0.1) is 16.0 Å². The normalized spacial score (nSPS) is 19.0. The van der Waals surface area contributed by atoms with Gasteiger partial charge in [-0.25, -0.2) is 0 Å². The van der Waals surface area contributed by atoms with E-state index in [-0.39, 0.29) is 11.5 Å². The van der Waals surface area contributed by atoms with Crippen LogP contribution in [-0.2, 0) is 0 Å². The molecule has 0 bridgehead atoms. The topological polar surface area (TPSA) is 80.5 Å². The van der Waals surface area contributed by atoms with Crippen molar-refractivity contribution >= 4 is 11.5 Å². The largest absolute Gasteiger partial charge is 0.481 e. The van der Waals surface area contributed by atoms with Crippen molar-refractivity contribution in [3.63, 3.8) is 0 Å². The molecule has 1 aromatic heterocycles. The van der Waals surface area contributed by atoms with Gasteiger partial charge in [0.25, 0.3) is 0 Å². The fraction of sp³-hybridized carbons (Fsp3) is 0.615. The summed E-state index contributed by atoms with van der Waals surface area (Å²) in [6.07, 6.45) is 1.11. The number of hydrogen-bond acceptors (Lipinski definition) is 6. The molecule has 0 spiro atoms. The molecule has 0 saturated carbocycles. The van der Waals surface area contributed by atoms with Gasteiger partial charge in [0.2, 0.25) is 11.7 Å². The van der Waals surface area contributed by atoms with Gasteiger partial charge < -0.3 is 15.0 Å². The van der Waals surface area contributed by atoms with Crippen molar-refractivity contribution in [1.29, 1.82) is 0 Å². The van der Waals surface area contributed by atoms with Gasteiger partial charge in [-0.3, -0.25) is 10.1 Å². The lowest BCUT2D eigenvalue weighted by Gasteiger charge is -2.14. The molecule has 2 rings (SSSR count). The van der Waals surface area contributed by atoms with E-state index in [0.29, 0.717) is 18.3 Å². The Morgan fingerprint density at radius 1 is 1.60 bits per heavy atom. The Bertz CT molecular complexity index is 481. The van der Waals surface area contributed by atoms with Crippen LogP contribution < -0.4 is 10.1 Å². The summed E-state index contributed by atoms with van der Waals surface area (Å²) >= 11 is 0. The number of nitrogens with zero attached hydrogens (tertiary/aromatic N) is 3. The molecule has 0 aromatic carbocycles. The quantitative estimate of drug-likeness (QED) is 0.631. The Morgan fingerprint density at radius 3 is 3.00 bits per heavy atom. The third kappa shape index (κ3) is 3.36. The van der Waals surface area contributed by atoms with Crippen LogP contribution in [0.25, 0.3) is 0 Å². The second-order valence-electron chi connectivity index (χ2n) is 4.91. The van der Waals surface area contributed by atoms with E-state index in [1.165, 1.54) is 19.2 Å². The Hall–Kier alpha value is -1.89. The minimum atomic E-state index is -0.429. The summed E-state index contributed by atoms with van der Waals surface area (Å²) in [5.41, 5.74) is -0.0175. The molecule has 1 aromatic rings. The number of aromatic nitrogens is 1. The summed E-state index contributed by atoms with van der Waals surface area (Å²) in [6.45, 7) is 6.01. The van der Waals surface area contributed by atoms with Crippen LogP contribution in [0.5, 0.6) is 5.88 Å². The van der Waals surface area contributed by atoms with Crippen molar-refractivity contribution in [2.24, 2.45) is 5.92 Å². The lowest BCUT2D eigenvalue weighted by molar-refractivity contribution is -0.384. The SMILES string of the molecule is CCN1CCC(CNc2nc(OC)ccc2[N+](=O)[O-])C1. The van der Waals surface area contributed by atoms with E-state index in [4.69, 9.17) is 4.74 Å². The van der Waals surface area contributed by atoms with Crippen molar-refractivity contribution in [2.45, 2.75) is 13.3 Å². The monoisotopic (exact) mass is 280 g/mol. The molecule has 1 unspecified atom stereocenters. The molecule has 1 saturated heterocycles. The molecule has 7 nitrogen and oxygen atoms in total. The maximum absolute atomic E-state index is 11.0. The van der Waals surface area contributed by atoms with Gasteiger partial charge in [-0.05, 0) is 25.4 Å². The molecular formula is C13H20N4O3. The maximum Gasteiger partial charge on any atom is 0.311 e. The summed E-state index contributed by atoms with van der Waals surface area (Å²) in [5.74, 6) is 1.16. The number of pyridine rings is 1. The first-order valence-electron chi connectivity index (χ1n) is 6.79. The summed E-state index contributed by atoms with van der Waals surface area (Å²) in [5, 5.41) is 14.1. The predicted molar refractivity (Wildman–Crippen MR) is 76.2 cm³/mol. The maximum atomic E-state index is 11.0. The van der Waals surface area contributed by atoms with Crippen LogP contribution in [0.4, 0.5) is 11.5 Å². The average Bonchev–Trinajstić information content (AvgIpc) is 2.92. The number of nitrogens with one attached hydrogen (secondary N) is 1. The standard InChI is InChI=1S/C13H20N4O3/c1-3-16-7-6-10(9-16)8-14-13-11(17(18)19)4-5-12(15-13)20-2/h4-5,10H,3,6-9H2,1-2H3,(H,14,15). The van der Waals surface area contributed by atoms with Crippen LogP contribution in [0.3, 0.4) is 0 Å². The van der Waals surface area contributed by atoms with Crippen molar-refractivity contribution in [3.8, 4) is 5.88 Å². The van der Waals surface area contributed by atoms with E-state index in [1.54, 1.807) is 0 Å². The highest BCUT2D eigenvalue weighted by atomic mass is 16.6. The number of rotatable bonds is 6. The van der Waals surface area contributed by atoms with E-state index in [0.717, 1.165) is 26.1 Å². The highest BCUT2D eigenvalue weighted by Gasteiger charge is 2.23. The molecule has 1 aliphatic heterocycles. The molecule has 20 heavy (non-hydrogen) atoms. The van der Waals surface area contributed by atoms with Crippen LogP contribution in [0.1, 0.15) is 13.3 Å².